The Morgan fingerprint density at radius 1 is 1.10 bits per heavy atom. The van der Waals surface area contributed by atoms with Crippen LogP contribution in [0.25, 0.3) is 6.08 Å². The number of nitrogen functional groups attached to an aromatic ring is 1. The number of ketones is 1. The van der Waals surface area contributed by atoms with Crippen LogP contribution in [0, 0.1) is 0 Å². The Labute approximate surface area is 177 Å². The molecule has 0 bridgehead atoms. The lowest BCUT2D eigenvalue weighted by Gasteiger charge is -2.15. The summed E-state index contributed by atoms with van der Waals surface area (Å²) in [7, 11) is 0. The van der Waals surface area contributed by atoms with Gasteiger partial charge in [0, 0.05) is 22.6 Å². The molecule has 0 saturated carbocycles. The second-order valence-corrected chi connectivity index (χ2v) is 7.99. The molecule has 7 heteroatoms. The highest BCUT2D eigenvalue weighted by molar-refractivity contribution is 8.00. The molecule has 4 rings (SSSR count). The number of carbonyl (C=O) groups excluding carboxylic acids is 3. The van der Waals surface area contributed by atoms with Crippen LogP contribution in [-0.2, 0) is 9.59 Å². The summed E-state index contributed by atoms with van der Waals surface area (Å²) in [4.78, 5) is 39.6. The van der Waals surface area contributed by atoms with E-state index >= 15 is 0 Å². The average molecular weight is 418 g/mol. The third-order valence-corrected chi connectivity index (χ3v) is 5.77. The Morgan fingerprint density at radius 3 is 2.60 bits per heavy atom. The highest BCUT2D eigenvalue weighted by Gasteiger charge is 2.40. The van der Waals surface area contributed by atoms with E-state index in [1.54, 1.807) is 54.6 Å². The minimum Gasteiger partial charge on any atom is -0.465 e. The standard InChI is InChI=1S/C23H18N2O4S/c24-16-3-1-5-19(13-16)30-21-14-22(27)25(23(21)28)17-8-6-15(7-9-17)20(26)11-10-18-4-2-12-29-18/h1-13,21H,14,24H2/b11-10+. The number of thioether (sulfide) groups is 1. The van der Waals surface area contributed by atoms with Crippen molar-refractivity contribution in [1.29, 1.82) is 0 Å². The summed E-state index contributed by atoms with van der Waals surface area (Å²) in [5.41, 5.74) is 7.30. The first-order chi connectivity index (χ1) is 14.5. The number of nitrogens with two attached hydrogens (primary N) is 1. The van der Waals surface area contributed by atoms with Gasteiger partial charge in [-0.05, 0) is 66.7 Å². The lowest BCUT2D eigenvalue weighted by atomic mass is 10.1. The van der Waals surface area contributed by atoms with Crippen molar-refractivity contribution in [3.8, 4) is 0 Å². The lowest BCUT2D eigenvalue weighted by molar-refractivity contribution is -0.121. The van der Waals surface area contributed by atoms with Gasteiger partial charge in [0.05, 0.1) is 17.2 Å². The molecule has 1 aromatic heterocycles. The topological polar surface area (TPSA) is 93.6 Å². The number of hydrogen-bond acceptors (Lipinski definition) is 6. The van der Waals surface area contributed by atoms with E-state index in [9.17, 15) is 14.4 Å². The third-order valence-electron chi connectivity index (χ3n) is 4.59. The van der Waals surface area contributed by atoms with Gasteiger partial charge in [-0.3, -0.25) is 14.4 Å². The quantitative estimate of drug-likeness (QED) is 0.279. The molecule has 0 radical (unpaired) electrons. The monoisotopic (exact) mass is 418 g/mol. The first-order valence-electron chi connectivity index (χ1n) is 9.26. The van der Waals surface area contributed by atoms with Crippen molar-refractivity contribution < 1.29 is 18.8 Å². The van der Waals surface area contributed by atoms with Gasteiger partial charge < -0.3 is 10.2 Å². The highest BCUT2D eigenvalue weighted by atomic mass is 32.2. The molecule has 2 N–H and O–H groups in total. The number of rotatable bonds is 6. The minimum atomic E-state index is -0.503. The van der Waals surface area contributed by atoms with Gasteiger partial charge in [-0.25, -0.2) is 4.90 Å². The van der Waals surface area contributed by atoms with Crippen LogP contribution in [-0.4, -0.2) is 22.8 Å². The first kappa shape index (κ1) is 19.7. The van der Waals surface area contributed by atoms with Crippen molar-refractivity contribution >= 4 is 46.8 Å². The highest BCUT2D eigenvalue weighted by Crippen LogP contribution is 2.34. The molecule has 0 spiro atoms. The van der Waals surface area contributed by atoms with Gasteiger partial charge in [0.15, 0.2) is 5.78 Å². The summed E-state index contributed by atoms with van der Waals surface area (Å²) in [6.07, 6.45) is 4.65. The Bertz CT molecular complexity index is 1120. The van der Waals surface area contributed by atoms with Gasteiger partial charge in [-0.15, -0.1) is 11.8 Å². The number of carbonyl (C=O) groups is 3. The van der Waals surface area contributed by atoms with Crippen LogP contribution in [0.15, 0.2) is 82.3 Å². The predicted molar refractivity (Wildman–Crippen MR) is 116 cm³/mol. The van der Waals surface area contributed by atoms with Crippen LogP contribution in [0.1, 0.15) is 22.5 Å². The molecule has 1 saturated heterocycles. The van der Waals surface area contributed by atoms with Crippen LogP contribution in [0.5, 0.6) is 0 Å². The molecular formula is C23H18N2O4S. The fourth-order valence-corrected chi connectivity index (χ4v) is 4.26. The second-order valence-electron chi connectivity index (χ2n) is 6.71. The summed E-state index contributed by atoms with van der Waals surface area (Å²) < 4.78 is 5.16. The average Bonchev–Trinajstić information content (AvgIpc) is 3.34. The molecule has 2 amide bonds. The molecule has 6 nitrogen and oxygen atoms in total. The zero-order valence-corrected chi connectivity index (χ0v) is 16.7. The molecule has 1 aliphatic rings. The number of imide groups is 1. The predicted octanol–water partition coefficient (Wildman–Crippen LogP) is 4.18. The van der Waals surface area contributed by atoms with Gasteiger partial charge in [0.2, 0.25) is 11.8 Å². The zero-order valence-electron chi connectivity index (χ0n) is 15.9. The summed E-state index contributed by atoms with van der Waals surface area (Å²) in [6, 6.07) is 17.1. The number of anilines is 2. The summed E-state index contributed by atoms with van der Waals surface area (Å²) in [5.74, 6) is -0.161. The van der Waals surface area contributed by atoms with Crippen molar-refractivity contribution in [3.63, 3.8) is 0 Å². The fourth-order valence-electron chi connectivity index (χ4n) is 3.13. The van der Waals surface area contributed by atoms with E-state index in [4.69, 9.17) is 10.2 Å². The maximum atomic E-state index is 12.8. The van der Waals surface area contributed by atoms with Crippen LogP contribution in [0.2, 0.25) is 0 Å². The molecule has 0 aliphatic carbocycles. The number of furan rings is 1. The Balaban J connectivity index is 1.46. The molecular weight excluding hydrogens is 400 g/mol. The number of hydrogen-bond donors (Lipinski definition) is 1. The molecule has 1 aliphatic heterocycles. The van der Waals surface area contributed by atoms with E-state index in [0.29, 0.717) is 22.7 Å². The third kappa shape index (κ3) is 4.21. The van der Waals surface area contributed by atoms with Crippen LogP contribution in [0.4, 0.5) is 11.4 Å². The van der Waals surface area contributed by atoms with Gasteiger partial charge in [-0.1, -0.05) is 6.07 Å². The van der Waals surface area contributed by atoms with Crippen LogP contribution >= 0.6 is 11.8 Å². The van der Waals surface area contributed by atoms with Gasteiger partial charge in [0.25, 0.3) is 0 Å². The van der Waals surface area contributed by atoms with E-state index in [1.807, 2.05) is 12.1 Å². The van der Waals surface area contributed by atoms with Crippen molar-refractivity contribution in [1.82, 2.24) is 0 Å². The summed E-state index contributed by atoms with van der Waals surface area (Å²) in [5, 5.41) is -0.503. The van der Waals surface area contributed by atoms with E-state index in [0.717, 1.165) is 4.90 Å². The first-order valence-corrected chi connectivity index (χ1v) is 10.1. The smallest absolute Gasteiger partial charge is 0.247 e. The largest absolute Gasteiger partial charge is 0.465 e. The van der Waals surface area contributed by atoms with Crippen molar-refractivity contribution in [3.05, 3.63) is 84.3 Å². The summed E-state index contributed by atoms with van der Waals surface area (Å²) >= 11 is 1.32. The SMILES string of the molecule is Nc1cccc(SC2CC(=O)N(c3ccc(C(=O)/C=C/c4ccco4)cc3)C2=O)c1. The van der Waals surface area contributed by atoms with Crippen molar-refractivity contribution in [2.24, 2.45) is 0 Å². The molecule has 1 unspecified atom stereocenters. The molecule has 2 aromatic carbocycles. The number of benzene rings is 2. The molecule has 150 valence electrons. The van der Waals surface area contributed by atoms with E-state index in [-0.39, 0.29) is 24.0 Å². The molecule has 1 fully saturated rings. The normalized spacial score (nSPS) is 16.5. The van der Waals surface area contributed by atoms with Crippen LogP contribution < -0.4 is 10.6 Å². The molecule has 3 aromatic rings. The molecule has 30 heavy (non-hydrogen) atoms. The van der Waals surface area contributed by atoms with Crippen molar-refractivity contribution in [2.45, 2.75) is 16.6 Å². The Hall–Kier alpha value is -3.58. The van der Waals surface area contributed by atoms with Crippen LogP contribution in [0.3, 0.4) is 0 Å². The van der Waals surface area contributed by atoms with E-state index in [2.05, 4.69) is 0 Å². The number of nitrogens with zero attached hydrogens (tertiary/aromatic N) is 1. The minimum absolute atomic E-state index is 0.116. The van der Waals surface area contributed by atoms with Crippen molar-refractivity contribution in [2.75, 3.05) is 10.6 Å². The molecule has 2 heterocycles. The maximum Gasteiger partial charge on any atom is 0.247 e. The van der Waals surface area contributed by atoms with E-state index in [1.165, 1.54) is 29.0 Å². The van der Waals surface area contributed by atoms with Gasteiger partial charge in [-0.2, -0.15) is 0 Å². The molecule has 1 atom stereocenters. The zero-order chi connectivity index (χ0) is 21.1. The fraction of sp³-hybridized carbons (Fsp3) is 0.0870. The van der Waals surface area contributed by atoms with Gasteiger partial charge in [0.1, 0.15) is 5.76 Å². The lowest BCUT2D eigenvalue weighted by Crippen LogP contribution is -2.31. The summed E-state index contributed by atoms with van der Waals surface area (Å²) in [6.45, 7) is 0. The van der Waals surface area contributed by atoms with Gasteiger partial charge >= 0.3 is 0 Å². The Kier molecular flexibility index (Phi) is 5.54. The van der Waals surface area contributed by atoms with E-state index < -0.39 is 5.25 Å². The Morgan fingerprint density at radius 2 is 1.90 bits per heavy atom. The number of amides is 2. The maximum absolute atomic E-state index is 12.8. The second kappa shape index (κ2) is 8.42. The number of allylic oxidation sites excluding steroid dienone is 1.